The molecule has 1 aliphatic heterocycles. The number of rotatable bonds is 12. The lowest BCUT2D eigenvalue weighted by atomic mass is 9.77. The molecule has 34 heavy (non-hydrogen) atoms. The molecule has 1 aromatic carbocycles. The molecule has 0 saturated carbocycles. The van der Waals surface area contributed by atoms with Gasteiger partial charge in [-0.05, 0) is 58.1 Å². The van der Waals surface area contributed by atoms with E-state index >= 15 is 0 Å². The van der Waals surface area contributed by atoms with E-state index in [9.17, 15) is 18.0 Å². The maximum atomic E-state index is 13.9. The minimum absolute atomic E-state index is 0.328. The molecule has 1 heterocycles. The molecule has 1 fully saturated rings. The van der Waals surface area contributed by atoms with Crippen LogP contribution in [0.3, 0.4) is 0 Å². The number of alkyl halides is 3. The number of benzene rings is 1. The van der Waals surface area contributed by atoms with Crippen LogP contribution in [0.25, 0.3) is 0 Å². The van der Waals surface area contributed by atoms with Gasteiger partial charge < -0.3 is 14.2 Å². The molecule has 1 amide bonds. The Balaban J connectivity index is 2.36. The third kappa shape index (κ3) is 7.23. The number of hydrogen-bond donors (Lipinski definition) is 0. The van der Waals surface area contributed by atoms with E-state index in [1.54, 1.807) is 4.90 Å². The van der Waals surface area contributed by atoms with Gasteiger partial charge in [-0.15, -0.1) is 0 Å². The fourth-order valence-electron chi connectivity index (χ4n) is 4.06. The third-order valence-electron chi connectivity index (χ3n) is 6.96. The molecule has 192 valence electrons. The van der Waals surface area contributed by atoms with Gasteiger partial charge in [0.1, 0.15) is 0 Å². The lowest BCUT2D eigenvalue weighted by Crippen LogP contribution is -2.41. The highest BCUT2D eigenvalue weighted by atomic mass is 19.4. The number of carbonyl (C=O) groups is 1. The molecule has 4 nitrogen and oxygen atoms in total. The van der Waals surface area contributed by atoms with Crippen molar-refractivity contribution in [2.75, 3.05) is 13.1 Å². The first-order valence-corrected chi connectivity index (χ1v) is 12.7. The van der Waals surface area contributed by atoms with Crippen LogP contribution < -0.4 is 5.46 Å². The molecule has 0 unspecified atom stereocenters. The van der Waals surface area contributed by atoms with Crippen molar-refractivity contribution < 1.29 is 27.3 Å². The van der Waals surface area contributed by atoms with Crippen molar-refractivity contribution in [3.8, 4) is 0 Å². The van der Waals surface area contributed by atoms with Crippen LogP contribution in [0.1, 0.15) is 109 Å². The van der Waals surface area contributed by atoms with Crippen molar-refractivity contribution in [3.05, 3.63) is 29.3 Å². The minimum atomic E-state index is -4.63. The van der Waals surface area contributed by atoms with Gasteiger partial charge in [-0.1, -0.05) is 58.4 Å². The number of unbranched alkanes of at least 4 members (excludes halogenated alkanes) is 6. The maximum absolute atomic E-state index is 13.9. The van der Waals surface area contributed by atoms with E-state index in [1.165, 1.54) is 12.1 Å². The van der Waals surface area contributed by atoms with Gasteiger partial charge in [0.2, 0.25) is 0 Å². The first-order valence-electron chi connectivity index (χ1n) is 12.7. The molecular formula is C26H41BF3NO3. The van der Waals surface area contributed by atoms with Gasteiger partial charge in [-0.25, -0.2) is 0 Å². The van der Waals surface area contributed by atoms with Crippen LogP contribution in [-0.2, 0) is 15.5 Å². The van der Waals surface area contributed by atoms with E-state index in [0.717, 1.165) is 57.4 Å². The molecule has 1 saturated heterocycles. The number of amides is 1. The van der Waals surface area contributed by atoms with Crippen molar-refractivity contribution in [3.63, 3.8) is 0 Å². The van der Waals surface area contributed by atoms with E-state index < -0.39 is 36.0 Å². The van der Waals surface area contributed by atoms with Crippen molar-refractivity contribution in [1.29, 1.82) is 0 Å². The summed E-state index contributed by atoms with van der Waals surface area (Å²) in [5.41, 5.74) is -2.08. The minimum Gasteiger partial charge on any atom is -0.399 e. The monoisotopic (exact) mass is 483 g/mol. The van der Waals surface area contributed by atoms with Crippen molar-refractivity contribution in [2.45, 2.75) is 110 Å². The fraction of sp³-hybridized carbons (Fsp3) is 0.731. The van der Waals surface area contributed by atoms with Crippen LogP contribution in [0.5, 0.6) is 0 Å². The van der Waals surface area contributed by atoms with Crippen LogP contribution >= 0.6 is 0 Å². The molecule has 1 aliphatic rings. The largest absolute Gasteiger partial charge is 0.494 e. The molecule has 0 aliphatic carbocycles. The van der Waals surface area contributed by atoms with Gasteiger partial charge in [0.15, 0.2) is 0 Å². The fourth-order valence-corrected chi connectivity index (χ4v) is 4.06. The summed E-state index contributed by atoms with van der Waals surface area (Å²) in [6.07, 6.45) is 3.04. The summed E-state index contributed by atoms with van der Waals surface area (Å²) >= 11 is 0. The molecule has 0 bridgehead atoms. The van der Waals surface area contributed by atoms with Crippen LogP contribution in [0.2, 0.25) is 0 Å². The lowest BCUT2D eigenvalue weighted by Gasteiger charge is -2.32. The summed E-state index contributed by atoms with van der Waals surface area (Å²) in [6, 6.07) is 3.66. The van der Waals surface area contributed by atoms with E-state index in [1.807, 2.05) is 27.7 Å². The second kappa shape index (κ2) is 11.9. The molecule has 0 atom stereocenters. The zero-order valence-corrected chi connectivity index (χ0v) is 21.7. The summed E-state index contributed by atoms with van der Waals surface area (Å²) in [5.74, 6) is -0.571. The van der Waals surface area contributed by atoms with Gasteiger partial charge in [0.05, 0.1) is 22.3 Å². The maximum Gasteiger partial charge on any atom is 0.494 e. The molecule has 0 aromatic heterocycles. The Morgan fingerprint density at radius 2 is 1.38 bits per heavy atom. The molecular weight excluding hydrogens is 442 g/mol. The molecule has 1 aromatic rings. The van der Waals surface area contributed by atoms with E-state index in [0.29, 0.717) is 18.6 Å². The Bertz CT molecular complexity index is 783. The van der Waals surface area contributed by atoms with Gasteiger partial charge in [-0.3, -0.25) is 4.79 Å². The highest BCUT2D eigenvalue weighted by Crippen LogP contribution is 2.37. The normalized spacial score (nSPS) is 17.3. The van der Waals surface area contributed by atoms with Crippen molar-refractivity contribution in [2.24, 2.45) is 0 Å². The molecule has 0 radical (unpaired) electrons. The number of carbonyl (C=O) groups excluding carboxylic acids is 1. The summed E-state index contributed by atoms with van der Waals surface area (Å²) in [6.45, 7) is 12.7. The van der Waals surface area contributed by atoms with E-state index in [4.69, 9.17) is 9.31 Å². The summed E-state index contributed by atoms with van der Waals surface area (Å²) in [4.78, 5) is 15.1. The highest BCUT2D eigenvalue weighted by Gasteiger charge is 2.52. The Morgan fingerprint density at radius 1 is 0.882 bits per heavy atom. The van der Waals surface area contributed by atoms with Crippen LogP contribution in [-0.4, -0.2) is 42.2 Å². The zero-order valence-electron chi connectivity index (χ0n) is 21.7. The summed E-state index contributed by atoms with van der Waals surface area (Å²) in [7, 11) is -0.832. The first-order chi connectivity index (χ1) is 15.8. The standard InChI is InChI=1S/C26H41BF3NO3/c1-7-9-11-13-17-31(18-14-12-10-8-2)23(32)21-19-20(15-16-22(21)26(28,29)30)27-33-24(3,4)25(5,6)34-27/h15-16,19H,7-14,17-18H2,1-6H3. The molecule has 8 heteroatoms. The molecule has 2 rings (SSSR count). The summed E-state index contributed by atoms with van der Waals surface area (Å²) < 4.78 is 53.7. The van der Waals surface area contributed by atoms with Crippen LogP contribution in [0.15, 0.2) is 18.2 Å². The number of hydrogen-bond acceptors (Lipinski definition) is 3. The number of nitrogens with zero attached hydrogens (tertiary/aromatic N) is 1. The van der Waals surface area contributed by atoms with E-state index in [-0.39, 0.29) is 5.56 Å². The first kappa shape index (κ1) is 28.7. The Morgan fingerprint density at radius 3 is 1.82 bits per heavy atom. The van der Waals surface area contributed by atoms with Crippen molar-refractivity contribution in [1.82, 2.24) is 4.90 Å². The van der Waals surface area contributed by atoms with Crippen LogP contribution in [0, 0.1) is 0 Å². The second-order valence-electron chi connectivity index (χ2n) is 10.3. The summed E-state index contributed by atoms with van der Waals surface area (Å²) in [5, 5.41) is 0. The van der Waals surface area contributed by atoms with Crippen molar-refractivity contribution >= 4 is 18.5 Å². The van der Waals surface area contributed by atoms with Gasteiger partial charge in [0.25, 0.3) is 5.91 Å². The zero-order chi connectivity index (χ0) is 25.6. The second-order valence-corrected chi connectivity index (χ2v) is 10.3. The average molecular weight is 483 g/mol. The average Bonchev–Trinajstić information content (AvgIpc) is 2.98. The predicted octanol–water partition coefficient (Wildman–Crippen LogP) is 6.61. The Labute approximate surface area is 203 Å². The smallest absolute Gasteiger partial charge is 0.399 e. The topological polar surface area (TPSA) is 38.8 Å². The SMILES string of the molecule is CCCCCCN(CCCCCC)C(=O)c1cc(B2OC(C)(C)C(C)(C)O2)ccc1C(F)(F)F. The third-order valence-corrected chi connectivity index (χ3v) is 6.96. The van der Waals surface area contributed by atoms with Gasteiger partial charge >= 0.3 is 13.3 Å². The Hall–Kier alpha value is -1.54. The highest BCUT2D eigenvalue weighted by molar-refractivity contribution is 6.62. The van der Waals surface area contributed by atoms with Gasteiger partial charge in [0, 0.05) is 13.1 Å². The predicted molar refractivity (Wildman–Crippen MR) is 131 cm³/mol. The van der Waals surface area contributed by atoms with Gasteiger partial charge in [-0.2, -0.15) is 13.2 Å². The molecule has 0 N–H and O–H groups in total. The Kier molecular flexibility index (Phi) is 10.1. The lowest BCUT2D eigenvalue weighted by molar-refractivity contribution is -0.138. The molecule has 0 spiro atoms. The van der Waals surface area contributed by atoms with E-state index in [2.05, 4.69) is 13.8 Å². The number of halogens is 3. The quantitative estimate of drug-likeness (QED) is 0.248. The van der Waals surface area contributed by atoms with Crippen LogP contribution in [0.4, 0.5) is 13.2 Å².